The molecule has 0 saturated carbocycles. The summed E-state index contributed by atoms with van der Waals surface area (Å²) in [6.45, 7) is 0.511. The topological polar surface area (TPSA) is 38.0 Å². The molecule has 100 valence electrons. The Morgan fingerprint density at radius 1 is 1.16 bits per heavy atom. The lowest BCUT2D eigenvalue weighted by atomic mass is 10.1. The maximum atomic E-state index is 5.98. The van der Waals surface area contributed by atoms with Gasteiger partial charge in [0.25, 0.3) is 0 Å². The van der Waals surface area contributed by atoms with E-state index >= 15 is 0 Å². The monoisotopic (exact) mass is 402 g/mol. The van der Waals surface area contributed by atoms with Crippen molar-refractivity contribution < 1.29 is 0 Å². The van der Waals surface area contributed by atoms with Crippen LogP contribution in [0.25, 0.3) is 0 Å². The number of nitrogens with one attached hydrogen (secondary N) is 1. The third-order valence-electron chi connectivity index (χ3n) is 2.75. The van der Waals surface area contributed by atoms with Gasteiger partial charge in [-0.25, -0.2) is 0 Å². The summed E-state index contributed by atoms with van der Waals surface area (Å²) in [4.78, 5) is 0. The first kappa shape index (κ1) is 14.9. The van der Waals surface area contributed by atoms with Gasteiger partial charge >= 0.3 is 0 Å². The van der Waals surface area contributed by atoms with Crippen molar-refractivity contribution >= 4 is 49.1 Å². The van der Waals surface area contributed by atoms with Crippen LogP contribution in [0.2, 0.25) is 5.02 Å². The fourth-order valence-corrected chi connectivity index (χ4v) is 2.70. The minimum absolute atomic E-state index is 0.0607. The van der Waals surface area contributed by atoms with Crippen LogP contribution in [0.5, 0.6) is 0 Å². The normalized spacial score (nSPS) is 12.2. The fraction of sp³-hybridized carbons (Fsp3) is 0.143. The van der Waals surface area contributed by atoms with Gasteiger partial charge in [0.2, 0.25) is 0 Å². The number of hydrogen-bond acceptors (Lipinski definition) is 2. The van der Waals surface area contributed by atoms with E-state index in [1.165, 1.54) is 0 Å². The highest BCUT2D eigenvalue weighted by atomic mass is 79.9. The molecule has 19 heavy (non-hydrogen) atoms. The summed E-state index contributed by atoms with van der Waals surface area (Å²) in [6.07, 6.45) is 0. The largest absolute Gasteiger partial charge is 0.377 e. The Balaban J connectivity index is 2.21. The average Bonchev–Trinajstić information content (AvgIpc) is 2.40. The lowest BCUT2D eigenvalue weighted by Crippen LogP contribution is -2.20. The van der Waals surface area contributed by atoms with Gasteiger partial charge < -0.3 is 11.1 Å². The van der Waals surface area contributed by atoms with E-state index in [2.05, 4.69) is 49.3 Å². The molecule has 1 atom stereocenters. The Hall–Kier alpha value is -0.550. The Bertz CT molecular complexity index is 575. The van der Waals surface area contributed by atoms with Gasteiger partial charge in [0.15, 0.2) is 0 Å². The summed E-state index contributed by atoms with van der Waals surface area (Å²) in [5.41, 5.74) is 7.98. The number of nitrogens with two attached hydrogens (primary N) is 1. The predicted molar refractivity (Wildman–Crippen MR) is 88.7 cm³/mol. The van der Waals surface area contributed by atoms with E-state index in [0.717, 1.165) is 20.2 Å². The predicted octanol–water partition coefficient (Wildman–Crippen LogP) is 4.98. The quantitative estimate of drug-likeness (QED) is 0.754. The van der Waals surface area contributed by atoms with E-state index in [-0.39, 0.29) is 6.04 Å². The van der Waals surface area contributed by atoms with Crippen LogP contribution in [0.1, 0.15) is 11.6 Å². The second-order valence-corrected chi connectivity index (χ2v) is 6.29. The molecule has 5 heteroatoms. The molecule has 2 aromatic carbocycles. The molecule has 2 rings (SSSR count). The maximum absolute atomic E-state index is 5.98. The third kappa shape index (κ3) is 3.96. The number of anilines is 1. The van der Waals surface area contributed by atoms with Crippen molar-refractivity contribution in [2.24, 2.45) is 5.73 Å². The molecule has 0 aliphatic rings. The van der Waals surface area contributed by atoms with Crippen LogP contribution < -0.4 is 11.1 Å². The summed E-state index contributed by atoms with van der Waals surface area (Å²) < 4.78 is 1.91. The van der Waals surface area contributed by atoms with Gasteiger partial charge in [-0.3, -0.25) is 0 Å². The van der Waals surface area contributed by atoms with E-state index < -0.39 is 0 Å². The van der Waals surface area contributed by atoms with Gasteiger partial charge in [0, 0.05) is 21.2 Å². The standard InChI is InChI=1S/C14H13Br2ClN2/c15-10-3-1-2-9(6-10)14(8-18)19-11-4-5-13(17)12(16)7-11/h1-7,14,19H,8,18H2. The molecule has 1 unspecified atom stereocenters. The summed E-state index contributed by atoms with van der Waals surface area (Å²) in [5.74, 6) is 0. The van der Waals surface area contributed by atoms with Crippen molar-refractivity contribution in [1.82, 2.24) is 0 Å². The van der Waals surface area contributed by atoms with Crippen LogP contribution in [0.3, 0.4) is 0 Å². The summed E-state index contributed by atoms with van der Waals surface area (Å²) in [5, 5.41) is 4.10. The Morgan fingerprint density at radius 3 is 2.58 bits per heavy atom. The van der Waals surface area contributed by atoms with Gasteiger partial charge in [-0.2, -0.15) is 0 Å². The van der Waals surface area contributed by atoms with Gasteiger partial charge in [0.1, 0.15) is 0 Å². The minimum atomic E-state index is 0.0607. The molecular formula is C14H13Br2ClN2. The van der Waals surface area contributed by atoms with Crippen LogP contribution >= 0.6 is 43.5 Å². The molecule has 2 aromatic rings. The Kier molecular flexibility index (Phi) is 5.28. The summed E-state index contributed by atoms with van der Waals surface area (Å²) in [7, 11) is 0. The van der Waals surface area contributed by atoms with Crippen molar-refractivity contribution in [2.75, 3.05) is 11.9 Å². The maximum Gasteiger partial charge on any atom is 0.0636 e. The van der Waals surface area contributed by atoms with Crippen molar-refractivity contribution in [3.8, 4) is 0 Å². The SMILES string of the molecule is NCC(Nc1ccc(Cl)c(Br)c1)c1cccc(Br)c1. The number of hydrogen-bond donors (Lipinski definition) is 2. The van der Waals surface area contributed by atoms with E-state index in [1.54, 1.807) is 0 Å². The highest BCUT2D eigenvalue weighted by molar-refractivity contribution is 9.10. The van der Waals surface area contributed by atoms with Gasteiger partial charge in [-0.1, -0.05) is 39.7 Å². The lowest BCUT2D eigenvalue weighted by Gasteiger charge is -2.19. The smallest absolute Gasteiger partial charge is 0.0636 e. The highest BCUT2D eigenvalue weighted by Crippen LogP contribution is 2.28. The van der Waals surface area contributed by atoms with Crippen LogP contribution in [0.15, 0.2) is 51.4 Å². The van der Waals surface area contributed by atoms with E-state index in [9.17, 15) is 0 Å². The summed E-state index contributed by atoms with van der Waals surface area (Å²) in [6, 6.07) is 13.9. The molecule has 0 aromatic heterocycles. The highest BCUT2D eigenvalue weighted by Gasteiger charge is 2.10. The molecule has 0 aliphatic carbocycles. The first-order valence-electron chi connectivity index (χ1n) is 5.77. The molecule has 0 bridgehead atoms. The first-order chi connectivity index (χ1) is 9.10. The molecule has 0 amide bonds. The molecule has 0 radical (unpaired) electrons. The Morgan fingerprint density at radius 2 is 1.95 bits per heavy atom. The Labute approximate surface area is 134 Å². The number of halogens is 3. The van der Waals surface area contributed by atoms with Gasteiger partial charge in [-0.15, -0.1) is 0 Å². The van der Waals surface area contributed by atoms with E-state index in [4.69, 9.17) is 17.3 Å². The van der Waals surface area contributed by atoms with Crippen molar-refractivity contribution in [3.05, 3.63) is 62.0 Å². The van der Waals surface area contributed by atoms with Crippen LogP contribution in [-0.2, 0) is 0 Å². The molecule has 3 N–H and O–H groups in total. The number of benzene rings is 2. The minimum Gasteiger partial charge on any atom is -0.377 e. The zero-order chi connectivity index (χ0) is 13.8. The molecule has 0 fully saturated rings. The molecule has 0 heterocycles. The molecule has 0 saturated heterocycles. The third-order valence-corrected chi connectivity index (χ3v) is 4.45. The zero-order valence-corrected chi connectivity index (χ0v) is 14.0. The summed E-state index contributed by atoms with van der Waals surface area (Å²) >= 11 is 12.9. The van der Waals surface area contributed by atoms with Crippen molar-refractivity contribution in [3.63, 3.8) is 0 Å². The second kappa shape index (κ2) is 6.75. The number of rotatable bonds is 4. The molecule has 0 spiro atoms. The second-order valence-electron chi connectivity index (χ2n) is 4.12. The van der Waals surface area contributed by atoms with Gasteiger partial charge in [-0.05, 0) is 51.8 Å². The van der Waals surface area contributed by atoms with Crippen LogP contribution in [0, 0.1) is 0 Å². The zero-order valence-electron chi connectivity index (χ0n) is 10.0. The van der Waals surface area contributed by atoms with E-state index in [0.29, 0.717) is 11.6 Å². The van der Waals surface area contributed by atoms with Gasteiger partial charge in [0.05, 0.1) is 11.1 Å². The fourth-order valence-electron chi connectivity index (χ4n) is 1.79. The first-order valence-corrected chi connectivity index (χ1v) is 7.73. The van der Waals surface area contributed by atoms with Crippen LogP contribution in [-0.4, -0.2) is 6.54 Å². The molecular weight excluding hydrogens is 391 g/mol. The average molecular weight is 405 g/mol. The lowest BCUT2D eigenvalue weighted by molar-refractivity contribution is 0.789. The molecule has 2 nitrogen and oxygen atoms in total. The van der Waals surface area contributed by atoms with Crippen molar-refractivity contribution in [1.29, 1.82) is 0 Å². The molecule has 0 aliphatic heterocycles. The van der Waals surface area contributed by atoms with E-state index in [1.807, 2.05) is 30.3 Å². The van der Waals surface area contributed by atoms with Crippen LogP contribution in [0.4, 0.5) is 5.69 Å². The van der Waals surface area contributed by atoms with Crippen molar-refractivity contribution in [2.45, 2.75) is 6.04 Å².